The third-order valence-electron chi connectivity index (χ3n) is 3.40. The summed E-state index contributed by atoms with van der Waals surface area (Å²) in [4.78, 5) is 17.9. The lowest BCUT2D eigenvalue weighted by Gasteiger charge is -2.17. The van der Waals surface area contributed by atoms with E-state index < -0.39 is 0 Å². The molecular weight excluding hydrogens is 250 g/mol. The van der Waals surface area contributed by atoms with Gasteiger partial charge in [-0.1, -0.05) is 23.8 Å². The van der Waals surface area contributed by atoms with Gasteiger partial charge in [0.1, 0.15) is 11.3 Å². The van der Waals surface area contributed by atoms with E-state index in [1.165, 1.54) is 5.56 Å². The molecule has 0 N–H and O–H groups in total. The molecule has 3 rings (SSSR count). The lowest BCUT2D eigenvalue weighted by molar-refractivity contribution is 0.111. The second kappa shape index (κ2) is 4.81. The number of pyridine rings is 1. The summed E-state index contributed by atoms with van der Waals surface area (Å²) in [6, 6.07) is 13.8. The number of aromatic nitrogens is 2. The minimum absolute atomic E-state index is 0.559. The molecule has 0 fully saturated rings. The molecule has 0 bridgehead atoms. The fourth-order valence-electron chi connectivity index (χ4n) is 2.25. The number of hydrogen-bond donors (Lipinski definition) is 0. The van der Waals surface area contributed by atoms with Gasteiger partial charge in [-0.2, -0.15) is 0 Å². The van der Waals surface area contributed by atoms with E-state index >= 15 is 0 Å². The number of aryl methyl sites for hydroxylation is 1. The lowest BCUT2D eigenvalue weighted by atomic mass is 10.2. The highest BCUT2D eigenvalue weighted by Crippen LogP contribution is 2.26. The molecular formula is C16H15N3O. The van der Waals surface area contributed by atoms with Crippen LogP contribution in [0.2, 0.25) is 0 Å². The Morgan fingerprint density at radius 2 is 1.90 bits per heavy atom. The second-order valence-electron chi connectivity index (χ2n) is 4.76. The zero-order chi connectivity index (χ0) is 14.1. The SMILES string of the molecule is Cc1ccc(N(C)c2nc3ccccn3c2C=O)cc1. The van der Waals surface area contributed by atoms with Gasteiger partial charge in [-0.25, -0.2) is 4.98 Å². The van der Waals surface area contributed by atoms with Crippen molar-refractivity contribution in [1.29, 1.82) is 0 Å². The molecule has 2 aromatic heterocycles. The van der Waals surface area contributed by atoms with E-state index in [1.54, 1.807) is 4.40 Å². The molecule has 4 nitrogen and oxygen atoms in total. The van der Waals surface area contributed by atoms with Gasteiger partial charge in [0.2, 0.25) is 0 Å². The quantitative estimate of drug-likeness (QED) is 0.682. The van der Waals surface area contributed by atoms with Gasteiger partial charge in [0.25, 0.3) is 0 Å². The van der Waals surface area contributed by atoms with Crippen molar-refractivity contribution < 1.29 is 4.79 Å². The maximum absolute atomic E-state index is 11.4. The molecule has 0 unspecified atom stereocenters. The number of carbonyl (C=O) groups excluding carboxylic acids is 1. The van der Waals surface area contributed by atoms with Crippen molar-refractivity contribution in [2.75, 3.05) is 11.9 Å². The zero-order valence-corrected chi connectivity index (χ0v) is 11.4. The molecule has 3 aromatic rings. The highest BCUT2D eigenvalue weighted by atomic mass is 16.1. The number of imidazole rings is 1. The Kier molecular flexibility index (Phi) is 2.99. The molecule has 0 saturated heterocycles. The number of anilines is 2. The third-order valence-corrected chi connectivity index (χ3v) is 3.40. The summed E-state index contributed by atoms with van der Waals surface area (Å²) < 4.78 is 1.80. The first-order chi connectivity index (χ1) is 9.70. The topological polar surface area (TPSA) is 37.6 Å². The molecule has 0 atom stereocenters. The molecule has 1 aromatic carbocycles. The number of aldehydes is 1. The first kappa shape index (κ1) is 12.4. The van der Waals surface area contributed by atoms with Crippen molar-refractivity contribution >= 4 is 23.4 Å². The van der Waals surface area contributed by atoms with Crippen LogP contribution in [-0.4, -0.2) is 22.7 Å². The minimum Gasteiger partial charge on any atom is -0.328 e. The van der Waals surface area contributed by atoms with Crippen LogP contribution >= 0.6 is 0 Å². The van der Waals surface area contributed by atoms with E-state index in [0.29, 0.717) is 11.5 Å². The van der Waals surface area contributed by atoms with Crippen molar-refractivity contribution in [3.05, 3.63) is 59.9 Å². The van der Waals surface area contributed by atoms with Crippen LogP contribution in [0.25, 0.3) is 5.65 Å². The number of hydrogen-bond acceptors (Lipinski definition) is 3. The summed E-state index contributed by atoms with van der Waals surface area (Å²) in [5.74, 6) is 0.662. The maximum Gasteiger partial charge on any atom is 0.170 e. The Hall–Kier alpha value is -2.62. The molecule has 20 heavy (non-hydrogen) atoms. The fourth-order valence-corrected chi connectivity index (χ4v) is 2.25. The van der Waals surface area contributed by atoms with E-state index in [2.05, 4.69) is 4.98 Å². The van der Waals surface area contributed by atoms with Crippen LogP contribution < -0.4 is 4.90 Å². The standard InChI is InChI=1S/C16H15N3O/c1-12-6-8-13(9-7-12)18(2)16-14(11-20)19-10-4-3-5-15(19)17-16/h3-11H,1-2H3. The number of nitrogens with zero attached hydrogens (tertiary/aromatic N) is 3. The van der Waals surface area contributed by atoms with E-state index in [0.717, 1.165) is 17.6 Å². The number of benzene rings is 1. The Balaban J connectivity index is 2.13. The van der Waals surface area contributed by atoms with Gasteiger partial charge >= 0.3 is 0 Å². The van der Waals surface area contributed by atoms with Gasteiger partial charge in [0.15, 0.2) is 12.1 Å². The molecule has 0 saturated carbocycles. The molecule has 0 aliphatic rings. The highest BCUT2D eigenvalue weighted by molar-refractivity contribution is 5.85. The molecule has 0 radical (unpaired) electrons. The lowest BCUT2D eigenvalue weighted by Crippen LogP contribution is -2.12. The van der Waals surface area contributed by atoms with Crippen molar-refractivity contribution in [1.82, 2.24) is 9.38 Å². The Labute approximate surface area is 117 Å². The highest BCUT2D eigenvalue weighted by Gasteiger charge is 2.15. The van der Waals surface area contributed by atoms with Crippen molar-refractivity contribution in [2.45, 2.75) is 6.92 Å². The Morgan fingerprint density at radius 1 is 1.15 bits per heavy atom. The van der Waals surface area contributed by atoms with E-state index in [-0.39, 0.29) is 0 Å². The first-order valence-corrected chi connectivity index (χ1v) is 6.43. The monoisotopic (exact) mass is 265 g/mol. The number of carbonyl (C=O) groups is 1. The summed E-state index contributed by atoms with van der Waals surface area (Å²) in [5, 5.41) is 0. The van der Waals surface area contributed by atoms with Crippen molar-refractivity contribution in [2.24, 2.45) is 0 Å². The smallest absolute Gasteiger partial charge is 0.170 e. The summed E-state index contributed by atoms with van der Waals surface area (Å²) in [6.07, 6.45) is 2.69. The van der Waals surface area contributed by atoms with Crippen LogP contribution in [0, 0.1) is 6.92 Å². The van der Waals surface area contributed by atoms with Crippen molar-refractivity contribution in [3.63, 3.8) is 0 Å². The normalized spacial score (nSPS) is 10.7. The van der Waals surface area contributed by atoms with Crippen LogP contribution in [0.15, 0.2) is 48.7 Å². The Bertz CT molecular complexity index is 759. The minimum atomic E-state index is 0.559. The molecule has 0 aliphatic heterocycles. The van der Waals surface area contributed by atoms with Gasteiger partial charge in [-0.15, -0.1) is 0 Å². The Morgan fingerprint density at radius 3 is 2.60 bits per heavy atom. The van der Waals surface area contributed by atoms with Crippen LogP contribution in [0.1, 0.15) is 16.1 Å². The molecule has 0 spiro atoms. The first-order valence-electron chi connectivity index (χ1n) is 6.43. The fraction of sp³-hybridized carbons (Fsp3) is 0.125. The van der Waals surface area contributed by atoms with Crippen LogP contribution in [0.3, 0.4) is 0 Å². The molecule has 0 amide bonds. The van der Waals surface area contributed by atoms with Crippen LogP contribution in [0.5, 0.6) is 0 Å². The summed E-state index contributed by atoms with van der Waals surface area (Å²) in [6.45, 7) is 2.05. The molecule has 2 heterocycles. The summed E-state index contributed by atoms with van der Waals surface area (Å²) >= 11 is 0. The van der Waals surface area contributed by atoms with Gasteiger partial charge < -0.3 is 4.90 Å². The molecule has 0 aliphatic carbocycles. The van der Waals surface area contributed by atoms with Crippen molar-refractivity contribution in [3.8, 4) is 0 Å². The van der Waals surface area contributed by atoms with E-state index in [4.69, 9.17) is 0 Å². The predicted molar refractivity (Wildman–Crippen MR) is 79.8 cm³/mol. The molecule has 4 heteroatoms. The number of rotatable bonds is 3. The predicted octanol–water partition coefficient (Wildman–Crippen LogP) is 3.22. The summed E-state index contributed by atoms with van der Waals surface area (Å²) in [7, 11) is 1.92. The van der Waals surface area contributed by atoms with Gasteiger partial charge in [-0.3, -0.25) is 9.20 Å². The zero-order valence-electron chi connectivity index (χ0n) is 11.4. The summed E-state index contributed by atoms with van der Waals surface area (Å²) in [5.41, 5.74) is 3.53. The van der Waals surface area contributed by atoms with Crippen LogP contribution in [-0.2, 0) is 0 Å². The van der Waals surface area contributed by atoms with E-state index in [1.807, 2.05) is 67.5 Å². The number of fused-ring (bicyclic) bond motifs is 1. The van der Waals surface area contributed by atoms with Gasteiger partial charge in [0, 0.05) is 18.9 Å². The van der Waals surface area contributed by atoms with Gasteiger partial charge in [0.05, 0.1) is 0 Å². The maximum atomic E-state index is 11.4. The van der Waals surface area contributed by atoms with E-state index in [9.17, 15) is 4.79 Å². The molecule has 100 valence electrons. The largest absolute Gasteiger partial charge is 0.328 e. The second-order valence-corrected chi connectivity index (χ2v) is 4.76. The average Bonchev–Trinajstić information content (AvgIpc) is 2.85. The average molecular weight is 265 g/mol. The van der Waals surface area contributed by atoms with Gasteiger partial charge in [-0.05, 0) is 31.2 Å². The van der Waals surface area contributed by atoms with Crippen LogP contribution in [0.4, 0.5) is 11.5 Å². The third kappa shape index (κ3) is 1.95.